The third-order valence-electron chi connectivity index (χ3n) is 4.29. The highest BCUT2D eigenvalue weighted by Gasteiger charge is 2.26. The summed E-state index contributed by atoms with van der Waals surface area (Å²) in [7, 11) is 0. The monoisotopic (exact) mass is 387 g/mol. The molecule has 1 saturated carbocycles. The topological polar surface area (TPSA) is 68.0 Å². The summed E-state index contributed by atoms with van der Waals surface area (Å²) < 4.78 is 0. The summed E-state index contributed by atoms with van der Waals surface area (Å²) in [6, 6.07) is 10.1. The number of aromatic nitrogens is 1. The Labute approximate surface area is 159 Å². The molecule has 1 aromatic carbocycles. The van der Waals surface area contributed by atoms with Crippen molar-refractivity contribution in [3.8, 4) is 10.6 Å². The molecule has 132 valence electrons. The fraction of sp³-hybridized carbons (Fsp3) is 0.412. The van der Waals surface area contributed by atoms with E-state index >= 15 is 0 Å². The first kappa shape index (κ1) is 20.9. The highest BCUT2D eigenvalue weighted by atomic mass is 35.5. The second kappa shape index (κ2) is 9.99. The van der Waals surface area contributed by atoms with E-state index in [2.05, 4.69) is 10.3 Å². The van der Waals surface area contributed by atoms with E-state index in [0.29, 0.717) is 18.2 Å². The summed E-state index contributed by atoms with van der Waals surface area (Å²) in [6.45, 7) is 0.636. The van der Waals surface area contributed by atoms with Crippen LogP contribution in [0, 0.1) is 5.92 Å². The molecule has 24 heavy (non-hydrogen) atoms. The van der Waals surface area contributed by atoms with Gasteiger partial charge in [-0.2, -0.15) is 0 Å². The van der Waals surface area contributed by atoms with Crippen molar-refractivity contribution in [2.24, 2.45) is 11.7 Å². The Morgan fingerprint density at radius 2 is 1.92 bits per heavy atom. The standard InChI is InChI=1S/C17H21N3OS.2ClH/c18-10-13-8-4-5-9-14(13)19-16(21)15-11-22-17(20-15)12-6-2-1-3-7-12;;/h1-3,6-7,11,13-14H,4-5,8-10,18H2,(H,19,21);2*1H. The molecule has 0 aliphatic heterocycles. The van der Waals surface area contributed by atoms with Gasteiger partial charge in [0.2, 0.25) is 0 Å². The molecule has 2 aromatic rings. The summed E-state index contributed by atoms with van der Waals surface area (Å²) in [5.74, 6) is 0.314. The Bertz CT molecular complexity index is 636. The number of benzene rings is 1. The predicted molar refractivity (Wildman–Crippen MR) is 104 cm³/mol. The Hall–Kier alpha value is -1.14. The lowest BCUT2D eigenvalue weighted by Gasteiger charge is -2.31. The van der Waals surface area contributed by atoms with Gasteiger partial charge in [-0.15, -0.1) is 36.2 Å². The van der Waals surface area contributed by atoms with E-state index < -0.39 is 0 Å². The fourth-order valence-corrected chi connectivity index (χ4v) is 3.82. The van der Waals surface area contributed by atoms with E-state index in [1.165, 1.54) is 17.8 Å². The van der Waals surface area contributed by atoms with Gasteiger partial charge in [-0.1, -0.05) is 43.2 Å². The molecular formula is C17H23Cl2N3OS. The maximum Gasteiger partial charge on any atom is 0.271 e. The number of nitrogens with one attached hydrogen (secondary N) is 1. The normalized spacial score (nSPS) is 19.7. The number of carbonyl (C=O) groups excluding carboxylic acids is 1. The zero-order valence-corrected chi connectivity index (χ0v) is 15.8. The Kier molecular flexibility index (Phi) is 8.70. The van der Waals surface area contributed by atoms with Gasteiger partial charge in [0.15, 0.2) is 0 Å². The largest absolute Gasteiger partial charge is 0.348 e. The third kappa shape index (κ3) is 4.93. The first-order valence-corrected chi connectivity index (χ1v) is 8.68. The molecular weight excluding hydrogens is 365 g/mol. The van der Waals surface area contributed by atoms with Gasteiger partial charge < -0.3 is 11.1 Å². The van der Waals surface area contributed by atoms with Crippen molar-refractivity contribution >= 4 is 42.1 Å². The Morgan fingerprint density at radius 1 is 1.21 bits per heavy atom. The molecule has 1 amide bonds. The van der Waals surface area contributed by atoms with Gasteiger partial charge >= 0.3 is 0 Å². The van der Waals surface area contributed by atoms with Crippen molar-refractivity contribution < 1.29 is 4.79 Å². The molecule has 4 nitrogen and oxygen atoms in total. The van der Waals surface area contributed by atoms with Crippen LogP contribution in [0.15, 0.2) is 35.7 Å². The maximum absolute atomic E-state index is 12.4. The average molecular weight is 388 g/mol. The van der Waals surface area contributed by atoms with Gasteiger partial charge in [-0.3, -0.25) is 4.79 Å². The minimum absolute atomic E-state index is 0. The number of carbonyl (C=O) groups is 1. The van der Waals surface area contributed by atoms with Gasteiger partial charge in [0.05, 0.1) is 0 Å². The summed E-state index contributed by atoms with van der Waals surface area (Å²) >= 11 is 1.50. The smallest absolute Gasteiger partial charge is 0.271 e. The van der Waals surface area contributed by atoms with E-state index in [9.17, 15) is 4.79 Å². The van der Waals surface area contributed by atoms with Crippen LogP contribution in [0.4, 0.5) is 0 Å². The van der Waals surface area contributed by atoms with Crippen LogP contribution in [-0.4, -0.2) is 23.5 Å². The van der Waals surface area contributed by atoms with Crippen molar-refractivity contribution in [2.75, 3.05) is 6.54 Å². The second-order valence-electron chi connectivity index (χ2n) is 5.76. The predicted octanol–water partition coefficient (Wildman–Crippen LogP) is 3.90. The number of hydrogen-bond donors (Lipinski definition) is 2. The van der Waals surface area contributed by atoms with Crippen LogP contribution in [0.1, 0.15) is 36.2 Å². The molecule has 1 aliphatic carbocycles. The second-order valence-corrected chi connectivity index (χ2v) is 6.62. The first-order valence-electron chi connectivity index (χ1n) is 7.80. The van der Waals surface area contributed by atoms with Gasteiger partial charge in [-0.25, -0.2) is 4.98 Å². The number of thiazole rings is 1. The molecule has 2 atom stereocenters. The van der Waals surface area contributed by atoms with E-state index in [-0.39, 0.29) is 36.8 Å². The van der Waals surface area contributed by atoms with Gasteiger partial charge in [0, 0.05) is 17.0 Å². The number of halogens is 2. The number of amides is 1. The van der Waals surface area contributed by atoms with E-state index in [0.717, 1.165) is 29.8 Å². The van der Waals surface area contributed by atoms with E-state index in [4.69, 9.17) is 5.73 Å². The fourth-order valence-electron chi connectivity index (χ4n) is 3.01. The maximum atomic E-state index is 12.4. The molecule has 1 aliphatic rings. The number of nitrogens with two attached hydrogens (primary N) is 1. The summed E-state index contributed by atoms with van der Waals surface area (Å²) in [4.78, 5) is 16.9. The highest BCUT2D eigenvalue weighted by molar-refractivity contribution is 7.13. The van der Waals surface area contributed by atoms with Crippen molar-refractivity contribution in [3.63, 3.8) is 0 Å². The number of hydrogen-bond acceptors (Lipinski definition) is 4. The van der Waals surface area contributed by atoms with Crippen LogP contribution in [0.5, 0.6) is 0 Å². The molecule has 1 heterocycles. The molecule has 0 spiro atoms. The molecule has 2 unspecified atom stereocenters. The molecule has 3 N–H and O–H groups in total. The van der Waals surface area contributed by atoms with Crippen LogP contribution in [0.3, 0.4) is 0 Å². The van der Waals surface area contributed by atoms with E-state index in [1.54, 1.807) is 0 Å². The lowest BCUT2D eigenvalue weighted by Crippen LogP contribution is -2.44. The lowest BCUT2D eigenvalue weighted by molar-refractivity contribution is 0.0904. The van der Waals surface area contributed by atoms with Crippen LogP contribution in [0.25, 0.3) is 10.6 Å². The van der Waals surface area contributed by atoms with Crippen LogP contribution >= 0.6 is 36.2 Å². The number of rotatable bonds is 4. The van der Waals surface area contributed by atoms with Crippen molar-refractivity contribution in [1.82, 2.24) is 10.3 Å². The van der Waals surface area contributed by atoms with E-state index in [1.807, 2.05) is 35.7 Å². The van der Waals surface area contributed by atoms with Crippen LogP contribution in [0.2, 0.25) is 0 Å². The number of nitrogens with zero attached hydrogens (tertiary/aromatic N) is 1. The Morgan fingerprint density at radius 3 is 2.62 bits per heavy atom. The third-order valence-corrected chi connectivity index (χ3v) is 5.18. The molecule has 0 radical (unpaired) electrons. The molecule has 1 aromatic heterocycles. The summed E-state index contributed by atoms with van der Waals surface area (Å²) in [5.41, 5.74) is 7.37. The van der Waals surface area contributed by atoms with Gasteiger partial charge in [0.1, 0.15) is 10.7 Å². The van der Waals surface area contributed by atoms with Gasteiger partial charge in [-0.05, 0) is 25.3 Å². The molecule has 3 rings (SSSR count). The minimum Gasteiger partial charge on any atom is -0.348 e. The van der Waals surface area contributed by atoms with Crippen molar-refractivity contribution in [3.05, 3.63) is 41.4 Å². The van der Waals surface area contributed by atoms with Crippen molar-refractivity contribution in [2.45, 2.75) is 31.7 Å². The highest BCUT2D eigenvalue weighted by Crippen LogP contribution is 2.25. The molecule has 0 bridgehead atoms. The Balaban J connectivity index is 0.00000144. The van der Waals surface area contributed by atoms with Crippen LogP contribution in [-0.2, 0) is 0 Å². The molecule has 7 heteroatoms. The quantitative estimate of drug-likeness (QED) is 0.835. The molecule has 1 fully saturated rings. The summed E-state index contributed by atoms with van der Waals surface area (Å²) in [5, 5.41) is 5.84. The SMILES string of the molecule is Cl.Cl.NCC1CCCCC1NC(=O)c1csc(-c2ccccc2)n1. The van der Waals surface area contributed by atoms with Crippen LogP contribution < -0.4 is 11.1 Å². The lowest BCUT2D eigenvalue weighted by atomic mass is 9.84. The van der Waals surface area contributed by atoms with Gasteiger partial charge in [0.25, 0.3) is 5.91 Å². The average Bonchev–Trinajstić information content (AvgIpc) is 3.06. The van der Waals surface area contributed by atoms with Crippen molar-refractivity contribution in [1.29, 1.82) is 0 Å². The zero-order valence-electron chi connectivity index (χ0n) is 13.3. The molecule has 0 saturated heterocycles. The summed E-state index contributed by atoms with van der Waals surface area (Å²) in [6.07, 6.45) is 4.49. The zero-order chi connectivity index (χ0) is 15.4. The minimum atomic E-state index is -0.0798. The first-order chi connectivity index (χ1) is 10.8.